The fourth-order valence-electron chi connectivity index (χ4n) is 2.46. The molecule has 0 bridgehead atoms. The van der Waals surface area contributed by atoms with Crippen molar-refractivity contribution in [3.05, 3.63) is 41.2 Å². The van der Waals surface area contributed by atoms with E-state index in [2.05, 4.69) is 30.1 Å². The molecule has 0 radical (unpaired) electrons. The number of anilines is 1. The number of allylic oxidation sites excluding steroid dienone is 1. The van der Waals surface area contributed by atoms with Crippen LogP contribution in [-0.2, 0) is 0 Å². The first-order chi connectivity index (χ1) is 9.95. The molecular weight excluding hydrogens is 277 g/mol. The largest absolute Gasteiger partial charge is 0.377 e. The van der Waals surface area contributed by atoms with Crippen molar-refractivity contribution in [3.8, 4) is 0 Å². The van der Waals surface area contributed by atoms with E-state index >= 15 is 0 Å². The minimum Gasteiger partial charge on any atom is -0.377 e. The maximum atomic E-state index is 13.6. The van der Waals surface area contributed by atoms with E-state index in [4.69, 9.17) is 0 Å². The van der Waals surface area contributed by atoms with E-state index in [1.807, 2.05) is 0 Å². The predicted molar refractivity (Wildman–Crippen MR) is 78.8 cm³/mol. The molecule has 1 aliphatic heterocycles. The lowest BCUT2D eigenvalue weighted by atomic mass is 10.0. The van der Waals surface area contributed by atoms with Gasteiger partial charge in [0.05, 0.1) is 0 Å². The Balaban J connectivity index is 1.91. The van der Waals surface area contributed by atoms with Crippen molar-refractivity contribution in [3.63, 3.8) is 0 Å². The van der Waals surface area contributed by atoms with Crippen LogP contribution in [-0.4, -0.2) is 30.6 Å². The topological polar surface area (TPSA) is 15.3 Å². The molecular formula is C16H21F3N2. The molecule has 0 amide bonds. The van der Waals surface area contributed by atoms with Gasteiger partial charge in [-0.05, 0) is 26.7 Å². The van der Waals surface area contributed by atoms with Crippen LogP contribution in [0.4, 0.5) is 18.9 Å². The quantitative estimate of drug-likeness (QED) is 0.847. The summed E-state index contributed by atoms with van der Waals surface area (Å²) in [4.78, 5) is 2.31. The van der Waals surface area contributed by atoms with Gasteiger partial charge in [-0.15, -0.1) is 0 Å². The number of nitrogens with zero attached hydrogens (tertiary/aromatic N) is 1. The van der Waals surface area contributed by atoms with Crippen molar-refractivity contribution in [1.82, 2.24) is 4.90 Å². The zero-order valence-corrected chi connectivity index (χ0v) is 12.4. The Labute approximate surface area is 123 Å². The first-order valence-electron chi connectivity index (χ1n) is 7.22. The Bertz CT molecular complexity index is 493. The minimum atomic E-state index is -0.896. The SMILES string of the molecule is CC(C)=CCN1CCC(Nc2c(F)cc(F)cc2F)CC1. The second-order valence-corrected chi connectivity index (χ2v) is 5.75. The number of likely N-dealkylation sites (tertiary alicyclic amines) is 1. The highest BCUT2D eigenvalue weighted by molar-refractivity contribution is 5.47. The fourth-order valence-corrected chi connectivity index (χ4v) is 2.46. The van der Waals surface area contributed by atoms with Crippen LogP contribution in [0.3, 0.4) is 0 Å². The molecule has 1 heterocycles. The number of nitrogens with one attached hydrogen (secondary N) is 1. The first kappa shape index (κ1) is 15.9. The van der Waals surface area contributed by atoms with Crippen molar-refractivity contribution < 1.29 is 13.2 Å². The highest BCUT2D eigenvalue weighted by Crippen LogP contribution is 2.23. The molecule has 2 nitrogen and oxygen atoms in total. The van der Waals surface area contributed by atoms with Crippen molar-refractivity contribution in [2.75, 3.05) is 25.0 Å². The third kappa shape index (κ3) is 4.49. The molecule has 0 aromatic heterocycles. The van der Waals surface area contributed by atoms with Crippen molar-refractivity contribution >= 4 is 5.69 Å². The van der Waals surface area contributed by atoms with Crippen LogP contribution >= 0.6 is 0 Å². The van der Waals surface area contributed by atoms with E-state index in [1.54, 1.807) is 0 Å². The van der Waals surface area contributed by atoms with Crippen LogP contribution in [0.2, 0.25) is 0 Å². The molecule has 1 saturated heterocycles. The van der Waals surface area contributed by atoms with Crippen LogP contribution in [0, 0.1) is 17.5 Å². The Kier molecular flexibility index (Phi) is 5.28. The second-order valence-electron chi connectivity index (χ2n) is 5.75. The second kappa shape index (κ2) is 6.98. The van der Waals surface area contributed by atoms with E-state index in [-0.39, 0.29) is 11.7 Å². The smallest absolute Gasteiger partial charge is 0.152 e. The molecule has 0 unspecified atom stereocenters. The molecule has 1 fully saturated rings. The summed E-state index contributed by atoms with van der Waals surface area (Å²) < 4.78 is 40.1. The zero-order chi connectivity index (χ0) is 15.4. The maximum Gasteiger partial charge on any atom is 0.152 e. The van der Waals surface area contributed by atoms with Gasteiger partial charge in [0, 0.05) is 37.8 Å². The number of piperidine rings is 1. The van der Waals surface area contributed by atoms with Gasteiger partial charge in [-0.2, -0.15) is 0 Å². The lowest BCUT2D eigenvalue weighted by Crippen LogP contribution is -2.39. The third-order valence-corrected chi connectivity index (χ3v) is 3.70. The molecule has 2 rings (SSSR count). The summed E-state index contributed by atoms with van der Waals surface area (Å²) in [6, 6.07) is 1.42. The van der Waals surface area contributed by atoms with Crippen molar-refractivity contribution in [2.24, 2.45) is 0 Å². The van der Waals surface area contributed by atoms with E-state index in [1.165, 1.54) is 5.57 Å². The monoisotopic (exact) mass is 298 g/mol. The van der Waals surface area contributed by atoms with E-state index in [9.17, 15) is 13.2 Å². The van der Waals surface area contributed by atoms with Gasteiger partial charge in [0.1, 0.15) is 11.5 Å². The van der Waals surface area contributed by atoms with Gasteiger partial charge in [0.25, 0.3) is 0 Å². The van der Waals surface area contributed by atoms with Gasteiger partial charge in [0.15, 0.2) is 11.6 Å². The summed E-state index contributed by atoms with van der Waals surface area (Å²) >= 11 is 0. The number of halogens is 3. The summed E-state index contributed by atoms with van der Waals surface area (Å²) in [7, 11) is 0. The molecule has 21 heavy (non-hydrogen) atoms. The van der Waals surface area contributed by atoms with Gasteiger partial charge in [0.2, 0.25) is 0 Å². The van der Waals surface area contributed by atoms with Gasteiger partial charge in [-0.3, -0.25) is 4.90 Å². The highest BCUT2D eigenvalue weighted by Gasteiger charge is 2.21. The molecule has 5 heteroatoms. The molecule has 116 valence electrons. The van der Waals surface area contributed by atoms with Crippen LogP contribution in [0.15, 0.2) is 23.8 Å². The van der Waals surface area contributed by atoms with Gasteiger partial charge in [-0.1, -0.05) is 11.6 Å². The number of benzene rings is 1. The first-order valence-corrected chi connectivity index (χ1v) is 7.22. The maximum absolute atomic E-state index is 13.6. The molecule has 0 spiro atoms. The minimum absolute atomic E-state index is 0.0161. The van der Waals surface area contributed by atoms with Gasteiger partial charge < -0.3 is 5.32 Å². The van der Waals surface area contributed by atoms with Gasteiger partial charge >= 0.3 is 0 Å². The van der Waals surface area contributed by atoms with Crippen LogP contribution in [0.5, 0.6) is 0 Å². The lowest BCUT2D eigenvalue weighted by molar-refractivity contribution is 0.239. The normalized spacial score (nSPS) is 16.8. The molecule has 1 aliphatic rings. The number of hydrogen-bond acceptors (Lipinski definition) is 2. The molecule has 1 N–H and O–H groups in total. The van der Waals surface area contributed by atoms with Crippen LogP contribution in [0.25, 0.3) is 0 Å². The molecule has 0 aliphatic carbocycles. The zero-order valence-electron chi connectivity index (χ0n) is 12.4. The fraction of sp³-hybridized carbons (Fsp3) is 0.500. The van der Waals surface area contributed by atoms with E-state index < -0.39 is 17.5 Å². The Morgan fingerprint density at radius 2 is 1.76 bits per heavy atom. The Morgan fingerprint density at radius 3 is 2.29 bits per heavy atom. The molecule has 1 aromatic carbocycles. The Hall–Kier alpha value is -1.49. The Morgan fingerprint density at radius 1 is 1.19 bits per heavy atom. The van der Waals surface area contributed by atoms with Crippen molar-refractivity contribution in [2.45, 2.75) is 32.7 Å². The summed E-state index contributed by atoms with van der Waals surface area (Å²) in [6.45, 7) is 6.80. The summed E-state index contributed by atoms with van der Waals surface area (Å²) in [5, 5.41) is 2.87. The summed E-state index contributed by atoms with van der Waals surface area (Å²) in [5.41, 5.74) is 1.06. The number of rotatable bonds is 4. The molecule has 0 atom stereocenters. The lowest BCUT2D eigenvalue weighted by Gasteiger charge is -2.32. The van der Waals surface area contributed by atoms with Crippen LogP contribution in [0.1, 0.15) is 26.7 Å². The van der Waals surface area contributed by atoms with Crippen molar-refractivity contribution in [1.29, 1.82) is 0 Å². The molecule has 0 saturated carbocycles. The third-order valence-electron chi connectivity index (χ3n) is 3.70. The molecule has 1 aromatic rings. The predicted octanol–water partition coefficient (Wildman–Crippen LogP) is 3.95. The summed E-state index contributed by atoms with van der Waals surface area (Å²) in [5.74, 6) is -2.65. The van der Waals surface area contributed by atoms with E-state index in [0.29, 0.717) is 12.1 Å². The highest BCUT2D eigenvalue weighted by atomic mass is 19.1. The average Bonchev–Trinajstić information content (AvgIpc) is 2.41. The average molecular weight is 298 g/mol. The van der Waals surface area contributed by atoms with Crippen LogP contribution < -0.4 is 5.32 Å². The number of hydrogen-bond donors (Lipinski definition) is 1. The van der Waals surface area contributed by atoms with E-state index in [0.717, 1.165) is 32.5 Å². The standard InChI is InChI=1S/C16H21F3N2/c1-11(2)3-6-21-7-4-13(5-8-21)20-16-14(18)9-12(17)10-15(16)19/h3,9-10,13,20H,4-8H2,1-2H3. The summed E-state index contributed by atoms with van der Waals surface area (Å²) in [6.07, 6.45) is 3.80. The van der Waals surface area contributed by atoms with Gasteiger partial charge in [-0.25, -0.2) is 13.2 Å².